The molecule has 1 aliphatic heterocycles. The summed E-state index contributed by atoms with van der Waals surface area (Å²) >= 11 is 0. The van der Waals surface area contributed by atoms with Gasteiger partial charge in [0.15, 0.2) is 0 Å². The van der Waals surface area contributed by atoms with E-state index in [-0.39, 0.29) is 11.7 Å². The molecule has 2 fully saturated rings. The average Bonchev–Trinajstić information content (AvgIpc) is 3.16. The molecule has 1 N–H and O–H groups in total. The summed E-state index contributed by atoms with van der Waals surface area (Å²) in [6.07, 6.45) is 8.46. The van der Waals surface area contributed by atoms with Crippen molar-refractivity contribution in [2.45, 2.75) is 57.9 Å². The van der Waals surface area contributed by atoms with Crippen LogP contribution in [0.25, 0.3) is 0 Å². The third-order valence-electron chi connectivity index (χ3n) is 5.71. The van der Waals surface area contributed by atoms with Gasteiger partial charge in [-0.3, -0.25) is 9.59 Å². The lowest BCUT2D eigenvalue weighted by atomic mass is 9.87. The second-order valence-electron chi connectivity index (χ2n) is 8.17. The van der Waals surface area contributed by atoms with E-state index in [1.54, 1.807) is 12.1 Å². The number of anilines is 1. The highest BCUT2D eigenvalue weighted by Gasteiger charge is 2.19. The summed E-state index contributed by atoms with van der Waals surface area (Å²) in [4.78, 5) is 25.0. The summed E-state index contributed by atoms with van der Waals surface area (Å²) in [5, 5.41) is 2.81. The molecule has 2 aromatic carbocycles. The van der Waals surface area contributed by atoms with Crippen molar-refractivity contribution in [3.63, 3.8) is 0 Å². The molecule has 2 aromatic rings. The van der Waals surface area contributed by atoms with Gasteiger partial charge in [0.05, 0.1) is 0 Å². The van der Waals surface area contributed by atoms with Crippen LogP contribution in [0.4, 0.5) is 10.1 Å². The summed E-state index contributed by atoms with van der Waals surface area (Å²) < 4.78 is 12.7. The molecule has 1 heterocycles. The molecule has 2 amide bonds. The van der Waals surface area contributed by atoms with Crippen molar-refractivity contribution < 1.29 is 14.0 Å². The van der Waals surface area contributed by atoms with Gasteiger partial charge in [0.1, 0.15) is 5.82 Å². The number of rotatable bonds is 5. The second-order valence-corrected chi connectivity index (χ2v) is 8.17. The van der Waals surface area contributed by atoms with Crippen LogP contribution in [-0.2, 0) is 16.1 Å². The van der Waals surface area contributed by atoms with Crippen LogP contribution in [-0.4, -0.2) is 23.3 Å². The molecule has 1 saturated carbocycles. The van der Waals surface area contributed by atoms with Crippen molar-refractivity contribution in [1.82, 2.24) is 4.90 Å². The number of nitrogens with zero attached hydrogens (tertiary/aromatic N) is 1. The zero-order valence-corrected chi connectivity index (χ0v) is 17.5. The molecule has 1 saturated heterocycles. The quantitative estimate of drug-likeness (QED) is 0.703. The molecule has 4 rings (SSSR count). The summed E-state index contributed by atoms with van der Waals surface area (Å²) in [7, 11) is 0. The Morgan fingerprint density at radius 2 is 1.67 bits per heavy atom. The molecule has 2 aliphatic rings. The lowest BCUT2D eigenvalue weighted by Gasteiger charge is -2.20. The van der Waals surface area contributed by atoms with Gasteiger partial charge in [-0.25, -0.2) is 4.39 Å². The third kappa shape index (κ3) is 7.29. The van der Waals surface area contributed by atoms with Crippen molar-refractivity contribution in [3.8, 4) is 0 Å². The molecular weight excluding hydrogens is 379 g/mol. The van der Waals surface area contributed by atoms with Gasteiger partial charge in [-0.15, -0.1) is 0 Å². The maximum Gasteiger partial charge on any atom is 0.224 e. The minimum absolute atomic E-state index is 0.0449. The number of benzene rings is 2. The lowest BCUT2D eigenvalue weighted by molar-refractivity contribution is -0.128. The van der Waals surface area contributed by atoms with Crippen molar-refractivity contribution in [3.05, 3.63) is 66.0 Å². The number of hydrogen-bond acceptors (Lipinski definition) is 2. The molecular formula is C25H31FN2O2. The maximum atomic E-state index is 12.7. The first kappa shape index (κ1) is 22.0. The zero-order chi connectivity index (χ0) is 21.2. The fourth-order valence-electron chi connectivity index (χ4n) is 4.07. The number of carbonyl (C=O) groups excluding carboxylic acids is 2. The highest BCUT2D eigenvalue weighted by Crippen LogP contribution is 2.26. The summed E-state index contributed by atoms with van der Waals surface area (Å²) in [5.41, 5.74) is 1.89. The fourth-order valence-corrected chi connectivity index (χ4v) is 4.07. The van der Waals surface area contributed by atoms with Crippen LogP contribution in [0, 0.1) is 11.7 Å². The minimum atomic E-state index is -0.282. The minimum Gasteiger partial charge on any atom is -0.338 e. The molecule has 0 radical (unpaired) electrons. The lowest BCUT2D eigenvalue weighted by Crippen LogP contribution is -2.23. The first-order chi connectivity index (χ1) is 14.6. The van der Waals surface area contributed by atoms with Crippen LogP contribution in [0.1, 0.15) is 56.9 Å². The van der Waals surface area contributed by atoms with Gasteiger partial charge >= 0.3 is 0 Å². The predicted octanol–water partition coefficient (Wildman–Crippen LogP) is 5.54. The normalized spacial score (nSPS) is 16.7. The summed E-state index contributed by atoms with van der Waals surface area (Å²) in [6.45, 7) is 1.70. The number of carbonyl (C=O) groups is 2. The fraction of sp³-hybridized carbons (Fsp3) is 0.440. The first-order valence-corrected chi connectivity index (χ1v) is 11.0. The largest absolute Gasteiger partial charge is 0.338 e. The number of likely N-dealkylation sites (tertiary alicyclic amines) is 1. The molecule has 0 unspecified atom stereocenters. The van der Waals surface area contributed by atoms with E-state index in [4.69, 9.17) is 0 Å². The Morgan fingerprint density at radius 3 is 2.30 bits per heavy atom. The number of nitrogens with one attached hydrogen (secondary N) is 1. The molecule has 0 aromatic heterocycles. The summed E-state index contributed by atoms with van der Waals surface area (Å²) in [6, 6.07) is 16.0. The Labute approximate surface area is 178 Å². The van der Waals surface area contributed by atoms with E-state index in [1.807, 2.05) is 23.1 Å². The monoisotopic (exact) mass is 410 g/mol. The Balaban J connectivity index is 0.000000177. The average molecular weight is 411 g/mol. The molecule has 0 spiro atoms. The predicted molar refractivity (Wildman–Crippen MR) is 117 cm³/mol. The number of amides is 2. The van der Waals surface area contributed by atoms with Crippen LogP contribution in [0.2, 0.25) is 0 Å². The van der Waals surface area contributed by atoms with E-state index in [0.29, 0.717) is 23.9 Å². The van der Waals surface area contributed by atoms with E-state index in [1.165, 1.54) is 37.0 Å². The molecule has 4 nitrogen and oxygen atoms in total. The Morgan fingerprint density at radius 1 is 0.967 bits per heavy atom. The third-order valence-corrected chi connectivity index (χ3v) is 5.71. The van der Waals surface area contributed by atoms with Gasteiger partial charge < -0.3 is 10.2 Å². The van der Waals surface area contributed by atoms with Crippen LogP contribution in [0.15, 0.2) is 54.6 Å². The number of halogens is 1. The SMILES string of the molecule is O=C(CC1CCCCC1)Nc1ccc(F)cc1.O=C1CCCN1Cc1ccccc1. The van der Waals surface area contributed by atoms with Crippen LogP contribution >= 0.6 is 0 Å². The van der Waals surface area contributed by atoms with Gasteiger partial charge in [0.2, 0.25) is 11.8 Å². The van der Waals surface area contributed by atoms with Crippen LogP contribution in [0.3, 0.4) is 0 Å². The van der Waals surface area contributed by atoms with E-state index < -0.39 is 0 Å². The second kappa shape index (κ2) is 11.5. The van der Waals surface area contributed by atoms with Crippen molar-refractivity contribution >= 4 is 17.5 Å². The zero-order valence-electron chi connectivity index (χ0n) is 17.5. The smallest absolute Gasteiger partial charge is 0.224 e. The first-order valence-electron chi connectivity index (χ1n) is 11.0. The van der Waals surface area contributed by atoms with Crippen LogP contribution in [0.5, 0.6) is 0 Å². The van der Waals surface area contributed by atoms with Crippen LogP contribution < -0.4 is 5.32 Å². The van der Waals surface area contributed by atoms with E-state index in [9.17, 15) is 14.0 Å². The Bertz CT molecular complexity index is 802. The highest BCUT2D eigenvalue weighted by molar-refractivity contribution is 5.90. The maximum absolute atomic E-state index is 12.7. The molecule has 160 valence electrons. The van der Waals surface area contributed by atoms with Gasteiger partial charge in [0.25, 0.3) is 0 Å². The molecule has 0 atom stereocenters. The van der Waals surface area contributed by atoms with Crippen molar-refractivity contribution in [2.24, 2.45) is 5.92 Å². The number of hydrogen-bond donors (Lipinski definition) is 1. The Kier molecular flexibility index (Phi) is 8.42. The highest BCUT2D eigenvalue weighted by atomic mass is 19.1. The van der Waals surface area contributed by atoms with Crippen molar-refractivity contribution in [1.29, 1.82) is 0 Å². The molecule has 0 bridgehead atoms. The van der Waals surface area contributed by atoms with E-state index in [2.05, 4.69) is 17.4 Å². The van der Waals surface area contributed by atoms with E-state index in [0.717, 1.165) is 38.8 Å². The van der Waals surface area contributed by atoms with Crippen molar-refractivity contribution in [2.75, 3.05) is 11.9 Å². The molecule has 30 heavy (non-hydrogen) atoms. The van der Waals surface area contributed by atoms with E-state index >= 15 is 0 Å². The standard InChI is InChI=1S/C14H18FNO.C11H13NO/c15-12-6-8-13(9-7-12)16-14(17)10-11-4-2-1-3-5-11;13-11-7-4-8-12(11)9-10-5-2-1-3-6-10/h6-9,11H,1-5,10H2,(H,16,17);1-3,5-6H,4,7-9H2. The van der Waals surface area contributed by atoms with Gasteiger partial charge in [-0.05, 0) is 55.0 Å². The van der Waals surface area contributed by atoms with Gasteiger partial charge in [-0.2, -0.15) is 0 Å². The molecule has 1 aliphatic carbocycles. The van der Waals surface area contributed by atoms with Gasteiger partial charge in [0, 0.05) is 31.6 Å². The molecule has 5 heteroatoms. The summed E-state index contributed by atoms with van der Waals surface area (Å²) in [5.74, 6) is 0.590. The topological polar surface area (TPSA) is 49.4 Å². The Hall–Kier alpha value is -2.69. The van der Waals surface area contributed by atoms with Gasteiger partial charge in [-0.1, -0.05) is 49.6 Å².